The Balaban J connectivity index is 1.59. The van der Waals surface area contributed by atoms with E-state index in [0.717, 1.165) is 27.9 Å². The number of imidazole rings is 1. The molecule has 0 saturated carbocycles. The number of aromatic amines is 1. The molecule has 0 saturated heterocycles. The van der Waals surface area contributed by atoms with Gasteiger partial charge in [-0.2, -0.15) is 0 Å². The summed E-state index contributed by atoms with van der Waals surface area (Å²) in [5.41, 5.74) is 3.86. The number of H-pyrrole nitrogens is 1. The Morgan fingerprint density at radius 2 is 2.14 bits per heavy atom. The third-order valence-electron chi connectivity index (χ3n) is 3.47. The number of aromatic nitrogens is 2. The van der Waals surface area contributed by atoms with Gasteiger partial charge in [-0.05, 0) is 35.4 Å². The molecule has 1 amide bonds. The monoisotopic (exact) mass is 295 g/mol. The molecule has 0 aliphatic carbocycles. The van der Waals surface area contributed by atoms with E-state index < -0.39 is 0 Å². The molecule has 1 heterocycles. The maximum atomic E-state index is 12.0. The number of carbonyl (C=O) groups is 1. The van der Waals surface area contributed by atoms with Crippen LogP contribution in [0.15, 0.2) is 48.8 Å². The van der Waals surface area contributed by atoms with Crippen molar-refractivity contribution in [3.05, 3.63) is 59.9 Å². The average molecular weight is 295 g/mol. The van der Waals surface area contributed by atoms with E-state index >= 15 is 0 Å². The Kier molecular flexibility index (Phi) is 4.05. The molecule has 2 N–H and O–H groups in total. The molecular formula is C17H17N3O2. The Labute approximate surface area is 128 Å². The Morgan fingerprint density at radius 1 is 1.23 bits per heavy atom. The first-order valence-electron chi connectivity index (χ1n) is 7.06. The molecule has 5 nitrogen and oxygen atoms in total. The highest BCUT2D eigenvalue weighted by Gasteiger charge is 2.05. The third-order valence-corrected chi connectivity index (χ3v) is 3.47. The summed E-state index contributed by atoms with van der Waals surface area (Å²) < 4.78 is 5.16. The summed E-state index contributed by atoms with van der Waals surface area (Å²) in [5.74, 6) is 0.743. The second kappa shape index (κ2) is 6.30. The molecule has 5 heteroatoms. The predicted molar refractivity (Wildman–Crippen MR) is 84.6 cm³/mol. The van der Waals surface area contributed by atoms with Gasteiger partial charge in [0.15, 0.2) is 0 Å². The second-order valence-corrected chi connectivity index (χ2v) is 5.06. The number of rotatable bonds is 5. The molecule has 2 aromatic carbocycles. The molecule has 0 radical (unpaired) electrons. The fraction of sp³-hybridized carbons (Fsp3) is 0.176. The standard InChI is InChI=1S/C17H17N3O2/c1-22-14-4-2-3-12(7-14)9-17(21)18-10-13-5-6-15-16(8-13)20-11-19-15/h2-8,11H,9-10H2,1H3,(H,18,21)(H,19,20). The number of fused-ring (bicyclic) bond motifs is 1. The van der Waals surface area contributed by atoms with Crippen LogP contribution in [0, 0.1) is 0 Å². The molecule has 0 fully saturated rings. The van der Waals surface area contributed by atoms with Crippen LogP contribution in [0.2, 0.25) is 0 Å². The highest BCUT2D eigenvalue weighted by Crippen LogP contribution is 2.13. The Morgan fingerprint density at radius 3 is 3.00 bits per heavy atom. The van der Waals surface area contributed by atoms with Crippen molar-refractivity contribution in [2.45, 2.75) is 13.0 Å². The van der Waals surface area contributed by atoms with Crippen molar-refractivity contribution in [2.24, 2.45) is 0 Å². The summed E-state index contributed by atoms with van der Waals surface area (Å²) in [7, 11) is 1.62. The van der Waals surface area contributed by atoms with Crippen molar-refractivity contribution in [3.8, 4) is 5.75 Å². The number of nitrogens with one attached hydrogen (secondary N) is 2. The molecule has 22 heavy (non-hydrogen) atoms. The van der Waals surface area contributed by atoms with Gasteiger partial charge in [0.2, 0.25) is 5.91 Å². The minimum absolute atomic E-state index is 0.0158. The van der Waals surface area contributed by atoms with Crippen LogP contribution in [0.4, 0.5) is 0 Å². The van der Waals surface area contributed by atoms with Gasteiger partial charge >= 0.3 is 0 Å². The van der Waals surface area contributed by atoms with Crippen LogP contribution >= 0.6 is 0 Å². The van der Waals surface area contributed by atoms with Crippen molar-refractivity contribution in [1.29, 1.82) is 0 Å². The molecular weight excluding hydrogens is 278 g/mol. The maximum absolute atomic E-state index is 12.0. The summed E-state index contributed by atoms with van der Waals surface area (Å²) >= 11 is 0. The molecule has 3 aromatic rings. The van der Waals surface area contributed by atoms with Gasteiger partial charge in [-0.1, -0.05) is 18.2 Å². The molecule has 3 rings (SSSR count). The maximum Gasteiger partial charge on any atom is 0.224 e. The number of hydrogen-bond acceptors (Lipinski definition) is 3. The number of hydrogen-bond donors (Lipinski definition) is 2. The lowest BCUT2D eigenvalue weighted by Gasteiger charge is -2.07. The van der Waals surface area contributed by atoms with Crippen molar-refractivity contribution in [3.63, 3.8) is 0 Å². The predicted octanol–water partition coefficient (Wildman–Crippen LogP) is 2.43. The number of benzene rings is 2. The van der Waals surface area contributed by atoms with Gasteiger partial charge < -0.3 is 15.0 Å². The SMILES string of the molecule is COc1cccc(CC(=O)NCc2ccc3nc[nH]c3c2)c1. The summed E-state index contributed by atoms with van der Waals surface area (Å²) in [4.78, 5) is 19.3. The zero-order valence-electron chi connectivity index (χ0n) is 12.3. The van der Waals surface area contributed by atoms with Crippen LogP contribution in [0.25, 0.3) is 11.0 Å². The van der Waals surface area contributed by atoms with Crippen LogP contribution in [0.1, 0.15) is 11.1 Å². The molecule has 0 unspecified atom stereocenters. The average Bonchev–Trinajstić information content (AvgIpc) is 3.00. The minimum atomic E-state index is -0.0158. The van der Waals surface area contributed by atoms with Crippen LogP contribution in [0.5, 0.6) is 5.75 Å². The van der Waals surface area contributed by atoms with Gasteiger partial charge in [0.25, 0.3) is 0 Å². The quantitative estimate of drug-likeness (QED) is 0.759. The lowest BCUT2D eigenvalue weighted by atomic mass is 10.1. The third kappa shape index (κ3) is 3.25. The van der Waals surface area contributed by atoms with E-state index in [-0.39, 0.29) is 5.91 Å². The molecule has 0 atom stereocenters. The highest BCUT2D eigenvalue weighted by molar-refractivity contribution is 5.79. The molecule has 1 aromatic heterocycles. The molecule has 0 spiro atoms. The number of methoxy groups -OCH3 is 1. The number of ether oxygens (including phenoxy) is 1. The van der Waals surface area contributed by atoms with E-state index in [1.165, 1.54) is 0 Å². The van der Waals surface area contributed by atoms with Gasteiger partial charge in [-0.25, -0.2) is 4.98 Å². The molecule has 0 bridgehead atoms. The Hall–Kier alpha value is -2.82. The van der Waals surface area contributed by atoms with Gasteiger partial charge in [0.05, 0.1) is 30.9 Å². The molecule has 0 aliphatic heterocycles. The fourth-order valence-electron chi connectivity index (χ4n) is 2.32. The topological polar surface area (TPSA) is 67.0 Å². The van der Waals surface area contributed by atoms with Crippen molar-refractivity contribution >= 4 is 16.9 Å². The van der Waals surface area contributed by atoms with Crippen LogP contribution < -0.4 is 10.1 Å². The number of amides is 1. The van der Waals surface area contributed by atoms with Crippen LogP contribution in [0.3, 0.4) is 0 Å². The van der Waals surface area contributed by atoms with Gasteiger partial charge in [0, 0.05) is 6.54 Å². The minimum Gasteiger partial charge on any atom is -0.497 e. The van der Waals surface area contributed by atoms with E-state index in [0.29, 0.717) is 13.0 Å². The van der Waals surface area contributed by atoms with Gasteiger partial charge in [-0.3, -0.25) is 4.79 Å². The summed E-state index contributed by atoms with van der Waals surface area (Å²) in [6.07, 6.45) is 2.00. The van der Waals surface area contributed by atoms with Crippen LogP contribution in [-0.4, -0.2) is 23.0 Å². The van der Waals surface area contributed by atoms with Crippen molar-refractivity contribution < 1.29 is 9.53 Å². The summed E-state index contributed by atoms with van der Waals surface area (Å²) in [6, 6.07) is 13.4. The lowest BCUT2D eigenvalue weighted by molar-refractivity contribution is -0.120. The highest BCUT2D eigenvalue weighted by atomic mass is 16.5. The summed E-state index contributed by atoms with van der Waals surface area (Å²) in [5, 5.41) is 2.93. The molecule has 0 aliphatic rings. The smallest absolute Gasteiger partial charge is 0.224 e. The van der Waals surface area contributed by atoms with E-state index in [1.54, 1.807) is 13.4 Å². The second-order valence-electron chi connectivity index (χ2n) is 5.06. The first-order chi connectivity index (χ1) is 10.7. The lowest BCUT2D eigenvalue weighted by Crippen LogP contribution is -2.24. The van der Waals surface area contributed by atoms with E-state index in [2.05, 4.69) is 15.3 Å². The van der Waals surface area contributed by atoms with Crippen molar-refractivity contribution in [2.75, 3.05) is 7.11 Å². The molecule has 112 valence electrons. The number of carbonyl (C=O) groups excluding carboxylic acids is 1. The van der Waals surface area contributed by atoms with Gasteiger partial charge in [0.1, 0.15) is 5.75 Å². The van der Waals surface area contributed by atoms with E-state index in [1.807, 2.05) is 42.5 Å². The summed E-state index contributed by atoms with van der Waals surface area (Å²) in [6.45, 7) is 0.498. The zero-order valence-corrected chi connectivity index (χ0v) is 12.3. The normalized spacial score (nSPS) is 10.6. The van der Waals surface area contributed by atoms with Crippen molar-refractivity contribution in [1.82, 2.24) is 15.3 Å². The fourth-order valence-corrected chi connectivity index (χ4v) is 2.32. The van der Waals surface area contributed by atoms with E-state index in [9.17, 15) is 4.79 Å². The number of nitrogens with zero attached hydrogens (tertiary/aromatic N) is 1. The Bertz CT molecular complexity index is 795. The first kappa shape index (κ1) is 14.1. The van der Waals surface area contributed by atoms with Crippen LogP contribution in [-0.2, 0) is 17.8 Å². The van der Waals surface area contributed by atoms with E-state index in [4.69, 9.17) is 4.74 Å². The first-order valence-corrected chi connectivity index (χ1v) is 7.06. The largest absolute Gasteiger partial charge is 0.497 e. The zero-order chi connectivity index (χ0) is 15.4. The van der Waals surface area contributed by atoms with Gasteiger partial charge in [-0.15, -0.1) is 0 Å².